The van der Waals surface area contributed by atoms with Gasteiger partial charge in [0.05, 0.1) is 58.6 Å². The quantitative estimate of drug-likeness (QED) is 0.0880. The number of urea groups is 1. The molecule has 18 nitrogen and oxygen atoms in total. The average Bonchev–Trinajstić information content (AvgIpc) is 3.84. The number of carbonyl (C=O) groups is 6. The second-order valence-electron chi connectivity index (χ2n) is 14.8. The van der Waals surface area contributed by atoms with Crippen molar-refractivity contribution >= 4 is 47.0 Å². The molecule has 0 saturated carbocycles. The number of fused-ring (bicyclic) bond motifs is 1. The van der Waals surface area contributed by atoms with Crippen molar-refractivity contribution in [3.8, 4) is 0 Å². The number of benzene rings is 1. The standard InChI is InChI=1S/C43H58N8O10/c1-32-28-41(56)51(48-42(32)33-6-8-36(9-7-33)47-43(57)49-30-34-12-16-44-29-35(34)31-49)18-5-3-2-4-15-45-38(53)14-20-58-22-24-60-26-27-61-25-23-59-21-17-46-37(52)13-19-50-39(54)10-11-40(50)55/h6-12,16,29,32H,2-5,13-15,17-28,30-31H2,1H3,(H,45,53)(H,46,52)(H,47,57). The number of carbonyl (C=O) groups excluding carboxylic acids is 6. The Morgan fingerprint density at radius 2 is 1.33 bits per heavy atom. The Hall–Kier alpha value is -5.56. The summed E-state index contributed by atoms with van der Waals surface area (Å²) in [5.74, 6) is -1.15. The lowest BCUT2D eigenvalue weighted by atomic mass is 9.93. The van der Waals surface area contributed by atoms with Gasteiger partial charge in [-0.1, -0.05) is 31.9 Å². The van der Waals surface area contributed by atoms with Gasteiger partial charge >= 0.3 is 6.03 Å². The number of hydrazone groups is 1. The molecule has 1 unspecified atom stereocenters. The zero-order valence-electron chi connectivity index (χ0n) is 34.9. The van der Waals surface area contributed by atoms with E-state index in [1.54, 1.807) is 22.3 Å². The zero-order valence-corrected chi connectivity index (χ0v) is 34.9. The van der Waals surface area contributed by atoms with E-state index >= 15 is 0 Å². The van der Waals surface area contributed by atoms with E-state index in [1.165, 1.54) is 12.2 Å². The molecule has 1 aromatic carbocycles. The molecule has 0 bridgehead atoms. The highest BCUT2D eigenvalue weighted by molar-refractivity contribution is 6.13. The Kier molecular flexibility index (Phi) is 19.3. The number of nitrogens with one attached hydrogen (secondary N) is 3. The van der Waals surface area contributed by atoms with E-state index in [2.05, 4.69) is 20.9 Å². The molecule has 2 aromatic rings. The first-order valence-corrected chi connectivity index (χ1v) is 21.0. The second kappa shape index (κ2) is 25.3. The molecule has 3 aliphatic heterocycles. The highest BCUT2D eigenvalue weighted by atomic mass is 16.6. The van der Waals surface area contributed by atoms with Gasteiger partial charge in [0.25, 0.3) is 11.8 Å². The third kappa shape index (κ3) is 15.8. The number of nitrogens with zero attached hydrogens (tertiary/aromatic N) is 5. The normalized spacial score (nSPS) is 16.0. The molecule has 0 aliphatic carbocycles. The van der Waals surface area contributed by atoms with Crippen LogP contribution in [0.2, 0.25) is 0 Å². The monoisotopic (exact) mass is 846 g/mol. The van der Waals surface area contributed by atoms with E-state index in [-0.39, 0.29) is 49.1 Å². The maximum absolute atomic E-state index is 12.9. The van der Waals surface area contributed by atoms with Gasteiger partial charge in [-0.25, -0.2) is 9.80 Å². The molecule has 0 saturated heterocycles. The molecule has 5 rings (SSSR count). The Morgan fingerprint density at radius 3 is 2.03 bits per heavy atom. The molecule has 18 heteroatoms. The summed E-state index contributed by atoms with van der Waals surface area (Å²) in [7, 11) is 0. The second-order valence-corrected chi connectivity index (χ2v) is 14.8. The molecule has 7 amide bonds. The molecular weight excluding hydrogens is 789 g/mol. The predicted octanol–water partition coefficient (Wildman–Crippen LogP) is 2.77. The zero-order chi connectivity index (χ0) is 43.2. The number of hydrogen-bond acceptors (Lipinski definition) is 12. The smallest absolute Gasteiger partial charge is 0.322 e. The van der Waals surface area contributed by atoms with E-state index in [4.69, 9.17) is 24.0 Å². The number of amides is 7. The third-order valence-corrected chi connectivity index (χ3v) is 10.2. The van der Waals surface area contributed by atoms with Gasteiger partial charge in [-0.2, -0.15) is 5.10 Å². The maximum Gasteiger partial charge on any atom is 0.322 e. The first kappa shape index (κ1) is 46.5. The van der Waals surface area contributed by atoms with Crippen LogP contribution in [0.25, 0.3) is 0 Å². The van der Waals surface area contributed by atoms with E-state index in [1.807, 2.05) is 37.3 Å². The van der Waals surface area contributed by atoms with Gasteiger partial charge in [-0.15, -0.1) is 0 Å². The van der Waals surface area contributed by atoms with Gasteiger partial charge in [0, 0.05) is 94.7 Å². The molecule has 330 valence electrons. The van der Waals surface area contributed by atoms with Gasteiger partial charge in [-0.05, 0) is 47.7 Å². The minimum Gasteiger partial charge on any atom is -0.379 e. The van der Waals surface area contributed by atoms with E-state index in [9.17, 15) is 28.8 Å². The molecule has 0 fully saturated rings. The Morgan fingerprint density at radius 1 is 0.705 bits per heavy atom. The van der Waals surface area contributed by atoms with E-state index < -0.39 is 11.8 Å². The topological polar surface area (TPSA) is 210 Å². The van der Waals surface area contributed by atoms with Crippen molar-refractivity contribution < 1.29 is 47.7 Å². The molecule has 0 radical (unpaired) electrons. The van der Waals surface area contributed by atoms with Gasteiger partial charge < -0.3 is 39.8 Å². The van der Waals surface area contributed by atoms with Gasteiger partial charge in [0.1, 0.15) is 0 Å². The Labute approximate surface area is 356 Å². The van der Waals surface area contributed by atoms with Crippen LogP contribution >= 0.6 is 0 Å². The highest BCUT2D eigenvalue weighted by Gasteiger charge is 2.28. The molecule has 61 heavy (non-hydrogen) atoms. The Bertz CT molecular complexity index is 1810. The van der Waals surface area contributed by atoms with E-state index in [0.717, 1.165) is 53.0 Å². The summed E-state index contributed by atoms with van der Waals surface area (Å²) in [6.07, 6.45) is 10.1. The number of imide groups is 1. The van der Waals surface area contributed by atoms with Crippen molar-refractivity contribution in [3.63, 3.8) is 0 Å². The number of anilines is 1. The van der Waals surface area contributed by atoms with Crippen molar-refractivity contribution in [2.45, 2.75) is 65.0 Å². The van der Waals surface area contributed by atoms with Crippen LogP contribution in [0.15, 0.2) is 60.0 Å². The molecule has 3 aliphatic rings. The SMILES string of the molecule is CC1CC(=O)N(CCCCCCNC(=O)CCOCCOCCOCCOCCNC(=O)CCN2C(=O)C=CC2=O)N=C1c1ccc(NC(=O)N2Cc3ccncc3C2)cc1. The van der Waals surface area contributed by atoms with Crippen LogP contribution in [0.5, 0.6) is 0 Å². The first-order valence-electron chi connectivity index (χ1n) is 21.0. The largest absolute Gasteiger partial charge is 0.379 e. The minimum atomic E-state index is -0.408. The van der Waals surface area contributed by atoms with Crippen molar-refractivity contribution in [3.05, 3.63) is 71.6 Å². The molecule has 1 aromatic heterocycles. The summed E-state index contributed by atoms with van der Waals surface area (Å²) in [6, 6.07) is 9.37. The Balaban J connectivity index is 0.801. The maximum atomic E-state index is 12.9. The van der Waals surface area contributed by atoms with Crippen LogP contribution in [-0.2, 0) is 56.0 Å². The lowest BCUT2D eigenvalue weighted by Crippen LogP contribution is -2.36. The van der Waals surface area contributed by atoms with Crippen LogP contribution < -0.4 is 16.0 Å². The summed E-state index contributed by atoms with van der Waals surface area (Å²) < 4.78 is 21.8. The van der Waals surface area contributed by atoms with Crippen LogP contribution in [0, 0.1) is 5.92 Å². The lowest BCUT2D eigenvalue weighted by Gasteiger charge is -2.28. The highest BCUT2D eigenvalue weighted by Crippen LogP contribution is 2.25. The van der Waals surface area contributed by atoms with Crippen molar-refractivity contribution in [1.82, 2.24) is 30.4 Å². The van der Waals surface area contributed by atoms with Gasteiger partial charge in [0.15, 0.2) is 0 Å². The van der Waals surface area contributed by atoms with Crippen molar-refractivity contribution in [2.75, 3.05) is 84.4 Å². The number of unbranched alkanes of at least 4 members (excludes halogenated alkanes) is 3. The fourth-order valence-electron chi connectivity index (χ4n) is 6.75. The number of ether oxygens (including phenoxy) is 4. The molecule has 3 N–H and O–H groups in total. The van der Waals surface area contributed by atoms with Crippen LogP contribution in [0.3, 0.4) is 0 Å². The van der Waals surface area contributed by atoms with Gasteiger partial charge in [-0.3, -0.25) is 33.9 Å². The number of rotatable bonds is 27. The molecule has 4 heterocycles. The summed E-state index contributed by atoms with van der Waals surface area (Å²) in [6.45, 7) is 7.45. The summed E-state index contributed by atoms with van der Waals surface area (Å²) in [5, 5.41) is 14.9. The fourth-order valence-corrected chi connectivity index (χ4v) is 6.75. The molecule has 0 spiro atoms. The molecule has 1 atom stereocenters. The lowest BCUT2D eigenvalue weighted by molar-refractivity contribution is -0.137. The number of hydrogen-bond donors (Lipinski definition) is 3. The number of pyridine rings is 1. The van der Waals surface area contributed by atoms with Crippen LogP contribution in [-0.4, -0.2) is 140 Å². The summed E-state index contributed by atoms with van der Waals surface area (Å²) >= 11 is 0. The minimum absolute atomic E-state index is 0.0132. The number of aromatic nitrogens is 1. The average molecular weight is 847 g/mol. The third-order valence-electron chi connectivity index (χ3n) is 10.2. The van der Waals surface area contributed by atoms with Crippen molar-refractivity contribution in [1.29, 1.82) is 0 Å². The summed E-state index contributed by atoms with van der Waals surface area (Å²) in [5.41, 5.74) is 4.64. The van der Waals surface area contributed by atoms with Crippen LogP contribution in [0.4, 0.5) is 10.5 Å². The first-order chi connectivity index (χ1) is 29.7. The van der Waals surface area contributed by atoms with Crippen LogP contribution in [0.1, 0.15) is 68.6 Å². The summed E-state index contributed by atoms with van der Waals surface area (Å²) in [4.78, 5) is 79.6. The predicted molar refractivity (Wildman–Crippen MR) is 224 cm³/mol. The molecular formula is C43H58N8O10. The fraction of sp³-hybridized carbons (Fsp3) is 0.535. The van der Waals surface area contributed by atoms with Gasteiger partial charge in [0.2, 0.25) is 17.7 Å². The van der Waals surface area contributed by atoms with Crippen molar-refractivity contribution in [2.24, 2.45) is 11.0 Å². The van der Waals surface area contributed by atoms with E-state index in [0.29, 0.717) is 97.7 Å².